The molecule has 0 unspecified atom stereocenters. The maximum atomic E-state index is 12.9. The first-order valence-corrected chi connectivity index (χ1v) is 7.52. The highest BCUT2D eigenvalue weighted by molar-refractivity contribution is 14.1. The van der Waals surface area contributed by atoms with Crippen LogP contribution in [0.15, 0.2) is 30.3 Å². The molecule has 1 heterocycles. The molecule has 19 heavy (non-hydrogen) atoms. The molecule has 0 aliphatic heterocycles. The van der Waals surface area contributed by atoms with Crippen LogP contribution in [0.5, 0.6) is 0 Å². The van der Waals surface area contributed by atoms with E-state index in [9.17, 15) is 13.2 Å². The smallest absolute Gasteiger partial charge is 0.166 e. The highest BCUT2D eigenvalue weighted by atomic mass is 127. The molecular formula is C13H5ClF3IS. The number of alkyl halides is 3. The summed E-state index contributed by atoms with van der Waals surface area (Å²) >= 11 is 9.09. The van der Waals surface area contributed by atoms with E-state index in [0.717, 1.165) is 14.8 Å². The Hall–Kier alpha value is -0.530. The van der Waals surface area contributed by atoms with Crippen molar-refractivity contribution in [2.75, 3.05) is 0 Å². The van der Waals surface area contributed by atoms with Gasteiger partial charge in [0.2, 0.25) is 0 Å². The Morgan fingerprint density at radius 3 is 2.37 bits per heavy atom. The van der Waals surface area contributed by atoms with Crippen molar-refractivity contribution in [3.63, 3.8) is 0 Å². The molecule has 3 aromatic rings. The molecule has 1 aromatic heterocycles. The topological polar surface area (TPSA) is 0 Å². The summed E-state index contributed by atoms with van der Waals surface area (Å²) < 4.78 is 40.7. The van der Waals surface area contributed by atoms with Crippen LogP contribution in [0.25, 0.3) is 20.2 Å². The highest BCUT2D eigenvalue weighted by Gasteiger charge is 2.33. The molecule has 0 spiro atoms. The van der Waals surface area contributed by atoms with E-state index < -0.39 is 11.7 Å². The Kier molecular flexibility index (Phi) is 3.18. The van der Waals surface area contributed by atoms with Crippen LogP contribution in [0.3, 0.4) is 0 Å². The molecule has 0 aliphatic carbocycles. The van der Waals surface area contributed by atoms with Crippen molar-refractivity contribution >= 4 is 65.7 Å². The van der Waals surface area contributed by atoms with Crippen molar-refractivity contribution in [1.82, 2.24) is 0 Å². The summed E-state index contributed by atoms with van der Waals surface area (Å²) in [7, 11) is 0. The van der Waals surface area contributed by atoms with Crippen molar-refractivity contribution in [3.8, 4) is 0 Å². The van der Waals surface area contributed by atoms with E-state index in [4.69, 9.17) is 11.6 Å². The third-order valence-electron chi connectivity index (χ3n) is 2.83. The maximum absolute atomic E-state index is 12.9. The maximum Gasteiger partial charge on any atom is 0.417 e. The number of thiophene rings is 1. The normalized spacial score (nSPS) is 12.5. The van der Waals surface area contributed by atoms with Crippen LogP contribution in [0.4, 0.5) is 13.2 Å². The zero-order valence-corrected chi connectivity index (χ0v) is 12.9. The van der Waals surface area contributed by atoms with Gasteiger partial charge in [-0.1, -0.05) is 17.7 Å². The third kappa shape index (κ3) is 2.32. The number of benzene rings is 2. The number of halogens is 5. The lowest BCUT2D eigenvalue weighted by molar-refractivity contribution is -0.138. The van der Waals surface area contributed by atoms with Crippen molar-refractivity contribution in [2.24, 2.45) is 0 Å². The van der Waals surface area contributed by atoms with Gasteiger partial charge in [0, 0.05) is 28.8 Å². The first-order valence-electron chi connectivity index (χ1n) is 5.25. The Bertz CT molecular complexity index is 792. The number of fused-ring (bicyclic) bond motifs is 3. The molecule has 0 radical (unpaired) electrons. The average Bonchev–Trinajstić information content (AvgIpc) is 2.62. The number of rotatable bonds is 0. The highest BCUT2D eigenvalue weighted by Crippen LogP contribution is 2.41. The average molecular weight is 413 g/mol. The molecule has 0 nitrogen and oxygen atoms in total. The molecule has 0 atom stereocenters. The standard InChI is InChI=1S/C13H5ClF3IS/c14-6-1-2-7-8-4-9(13(15,16)17)10(18)5-12(8)19-11(7)3-6/h1-5H. The van der Waals surface area contributed by atoms with Gasteiger partial charge in [0.25, 0.3) is 0 Å². The summed E-state index contributed by atoms with van der Waals surface area (Å²) in [6.45, 7) is 0. The van der Waals surface area contributed by atoms with Gasteiger partial charge in [-0.3, -0.25) is 0 Å². The Morgan fingerprint density at radius 1 is 1.00 bits per heavy atom. The number of hydrogen-bond acceptors (Lipinski definition) is 1. The molecule has 0 amide bonds. The van der Waals surface area contributed by atoms with E-state index in [1.165, 1.54) is 17.4 Å². The van der Waals surface area contributed by atoms with Gasteiger partial charge in [-0.15, -0.1) is 11.3 Å². The lowest BCUT2D eigenvalue weighted by Crippen LogP contribution is -2.06. The predicted octanol–water partition coefficient (Wildman–Crippen LogP) is 6.33. The summed E-state index contributed by atoms with van der Waals surface area (Å²) in [6, 6.07) is 8.05. The van der Waals surface area contributed by atoms with Crippen LogP contribution in [0.2, 0.25) is 5.02 Å². The predicted molar refractivity (Wildman–Crippen MR) is 82.1 cm³/mol. The fraction of sp³-hybridized carbons (Fsp3) is 0.0769. The van der Waals surface area contributed by atoms with Crippen LogP contribution in [0, 0.1) is 3.57 Å². The minimum atomic E-state index is -4.33. The van der Waals surface area contributed by atoms with Gasteiger partial charge in [0.05, 0.1) is 5.56 Å². The van der Waals surface area contributed by atoms with Crippen LogP contribution >= 0.6 is 45.5 Å². The second-order valence-electron chi connectivity index (χ2n) is 4.07. The Balaban J connectivity index is 2.41. The monoisotopic (exact) mass is 412 g/mol. The van der Waals surface area contributed by atoms with Crippen molar-refractivity contribution < 1.29 is 13.2 Å². The fourth-order valence-electron chi connectivity index (χ4n) is 1.99. The van der Waals surface area contributed by atoms with Gasteiger partial charge < -0.3 is 0 Å². The van der Waals surface area contributed by atoms with Crippen LogP contribution in [0.1, 0.15) is 5.56 Å². The summed E-state index contributed by atoms with van der Waals surface area (Å²) in [5.41, 5.74) is -0.588. The quantitative estimate of drug-likeness (QED) is 0.378. The van der Waals surface area contributed by atoms with E-state index in [0.29, 0.717) is 10.4 Å². The molecule has 3 rings (SSSR count). The summed E-state index contributed by atoms with van der Waals surface area (Å²) in [6.07, 6.45) is -4.33. The lowest BCUT2D eigenvalue weighted by atomic mass is 10.1. The van der Waals surface area contributed by atoms with E-state index in [1.807, 2.05) is 0 Å². The zero-order valence-electron chi connectivity index (χ0n) is 9.18. The first-order chi connectivity index (χ1) is 8.86. The van der Waals surface area contributed by atoms with Gasteiger partial charge in [-0.05, 0) is 46.9 Å². The van der Waals surface area contributed by atoms with Crippen LogP contribution in [-0.2, 0) is 6.18 Å². The van der Waals surface area contributed by atoms with Gasteiger partial charge in [-0.25, -0.2) is 0 Å². The zero-order chi connectivity index (χ0) is 13.8. The fourth-order valence-corrected chi connectivity index (χ4v) is 4.38. The molecule has 6 heteroatoms. The molecule has 0 N–H and O–H groups in total. The summed E-state index contributed by atoms with van der Waals surface area (Å²) in [5, 5.41) is 2.03. The van der Waals surface area contributed by atoms with Gasteiger partial charge in [-0.2, -0.15) is 13.2 Å². The third-order valence-corrected chi connectivity index (χ3v) is 5.07. The molecule has 0 fully saturated rings. The Labute approximate surface area is 129 Å². The Morgan fingerprint density at radius 2 is 1.68 bits per heavy atom. The molecule has 0 saturated carbocycles. The minimum Gasteiger partial charge on any atom is -0.166 e. The van der Waals surface area contributed by atoms with E-state index in [2.05, 4.69) is 0 Å². The van der Waals surface area contributed by atoms with Crippen LogP contribution in [-0.4, -0.2) is 0 Å². The largest absolute Gasteiger partial charge is 0.417 e. The SMILES string of the molecule is FC(F)(F)c1cc2c(cc1I)sc1cc(Cl)ccc12. The molecule has 2 aromatic carbocycles. The molecule has 0 saturated heterocycles. The van der Waals surface area contributed by atoms with Gasteiger partial charge in [0.1, 0.15) is 0 Å². The van der Waals surface area contributed by atoms with E-state index in [1.54, 1.807) is 46.9 Å². The van der Waals surface area contributed by atoms with Crippen molar-refractivity contribution in [3.05, 3.63) is 44.5 Å². The molecule has 0 aliphatic rings. The van der Waals surface area contributed by atoms with Crippen LogP contribution < -0.4 is 0 Å². The van der Waals surface area contributed by atoms with Gasteiger partial charge in [0.15, 0.2) is 0 Å². The minimum absolute atomic E-state index is 0.218. The first kappa shape index (κ1) is 13.5. The molecular weight excluding hydrogens is 408 g/mol. The van der Waals surface area contributed by atoms with Gasteiger partial charge >= 0.3 is 6.18 Å². The second-order valence-corrected chi connectivity index (χ2v) is 6.75. The molecule has 0 bridgehead atoms. The summed E-state index contributed by atoms with van der Waals surface area (Å²) in [5.74, 6) is 0. The lowest BCUT2D eigenvalue weighted by Gasteiger charge is -2.09. The van der Waals surface area contributed by atoms with Crippen molar-refractivity contribution in [1.29, 1.82) is 0 Å². The van der Waals surface area contributed by atoms with E-state index >= 15 is 0 Å². The second kappa shape index (κ2) is 4.49. The number of hydrogen-bond donors (Lipinski definition) is 0. The van der Waals surface area contributed by atoms with E-state index in [-0.39, 0.29) is 3.57 Å². The summed E-state index contributed by atoms with van der Waals surface area (Å²) in [4.78, 5) is 0. The van der Waals surface area contributed by atoms with Crippen molar-refractivity contribution in [2.45, 2.75) is 6.18 Å². The molecule has 98 valence electrons.